The van der Waals surface area contributed by atoms with Gasteiger partial charge in [0.2, 0.25) is 0 Å². The molecule has 0 saturated carbocycles. The highest BCUT2D eigenvalue weighted by Crippen LogP contribution is 2.25. The third-order valence-electron chi connectivity index (χ3n) is 4.95. The highest BCUT2D eigenvalue weighted by molar-refractivity contribution is 7.92. The molecule has 2 heterocycles. The Morgan fingerprint density at radius 2 is 1.76 bits per heavy atom. The van der Waals surface area contributed by atoms with Crippen molar-refractivity contribution >= 4 is 15.7 Å². The number of fused-ring (bicyclic) bond motifs is 1. The van der Waals surface area contributed by atoms with Crippen LogP contribution in [-0.4, -0.2) is 29.8 Å². The minimum absolute atomic E-state index is 0.188. The second-order valence-electron chi connectivity index (χ2n) is 6.99. The van der Waals surface area contributed by atoms with Crippen molar-refractivity contribution in [1.29, 1.82) is 0 Å². The number of ether oxygens (including phenoxy) is 1. The van der Waals surface area contributed by atoms with E-state index in [1.54, 1.807) is 24.3 Å². The molecule has 1 aromatic heterocycles. The average molecular weight is 413 g/mol. The molecule has 3 aromatic rings. The molecule has 0 amide bonds. The number of sulfonamides is 1. The fraction of sp³-hybridized carbons (Fsp3) is 0.333. The molecule has 4 rings (SSSR count). The van der Waals surface area contributed by atoms with Gasteiger partial charge in [-0.1, -0.05) is 6.42 Å². The summed E-state index contributed by atoms with van der Waals surface area (Å²) in [5, 5.41) is 8.67. The Hall–Kier alpha value is -2.87. The minimum atomic E-state index is -3.67. The van der Waals surface area contributed by atoms with Gasteiger partial charge in [-0.25, -0.2) is 8.42 Å². The smallest absolute Gasteiger partial charge is 0.261 e. The van der Waals surface area contributed by atoms with E-state index in [0.29, 0.717) is 18.0 Å². The lowest BCUT2D eigenvalue weighted by Crippen LogP contribution is -2.12. The summed E-state index contributed by atoms with van der Waals surface area (Å²) in [4.78, 5) is 0.188. The molecule has 1 aliphatic heterocycles. The standard InChI is InChI=1S/C21H24N4O3S/c1-2-28-18-11-13-19(14-12-18)29(26,27)24-17-9-7-16(8-10-17)21-23-22-20-6-4-3-5-15-25(20)21/h7-14,24H,2-6,15H2,1H3. The Bertz CT molecular complexity index is 1070. The molecule has 152 valence electrons. The molecule has 8 heteroatoms. The lowest BCUT2D eigenvalue weighted by atomic mass is 10.2. The molecule has 2 aromatic carbocycles. The zero-order chi connectivity index (χ0) is 20.3. The van der Waals surface area contributed by atoms with Crippen molar-refractivity contribution in [2.45, 2.75) is 44.0 Å². The maximum Gasteiger partial charge on any atom is 0.261 e. The number of hydrogen-bond acceptors (Lipinski definition) is 5. The summed E-state index contributed by atoms with van der Waals surface area (Å²) < 4.78 is 35.4. The summed E-state index contributed by atoms with van der Waals surface area (Å²) in [6, 6.07) is 13.6. The topological polar surface area (TPSA) is 86.1 Å². The number of hydrogen-bond donors (Lipinski definition) is 1. The normalized spacial score (nSPS) is 14.1. The molecule has 0 bridgehead atoms. The predicted octanol–water partition coefficient (Wildman–Crippen LogP) is 3.87. The van der Waals surface area contributed by atoms with Crippen molar-refractivity contribution < 1.29 is 13.2 Å². The number of benzene rings is 2. The summed E-state index contributed by atoms with van der Waals surface area (Å²) in [6.07, 6.45) is 4.42. The van der Waals surface area contributed by atoms with Gasteiger partial charge in [0.25, 0.3) is 10.0 Å². The van der Waals surface area contributed by atoms with Gasteiger partial charge in [0.15, 0.2) is 5.82 Å². The second kappa shape index (κ2) is 8.24. The number of aromatic nitrogens is 3. The molecule has 0 radical (unpaired) electrons. The monoisotopic (exact) mass is 412 g/mol. The van der Waals surface area contributed by atoms with Crippen LogP contribution in [-0.2, 0) is 23.0 Å². The van der Waals surface area contributed by atoms with Crippen LogP contribution in [0.25, 0.3) is 11.4 Å². The molecular weight excluding hydrogens is 388 g/mol. The van der Waals surface area contributed by atoms with Crippen molar-refractivity contribution in [2.75, 3.05) is 11.3 Å². The second-order valence-corrected chi connectivity index (χ2v) is 8.67. The summed E-state index contributed by atoms with van der Waals surface area (Å²) in [6.45, 7) is 3.34. The fourth-order valence-corrected chi connectivity index (χ4v) is 4.54. The van der Waals surface area contributed by atoms with Crippen LogP contribution in [0.4, 0.5) is 5.69 Å². The summed E-state index contributed by atoms with van der Waals surface area (Å²) in [5.74, 6) is 2.50. The van der Waals surface area contributed by atoms with E-state index in [-0.39, 0.29) is 4.90 Å². The quantitative estimate of drug-likeness (QED) is 0.664. The Morgan fingerprint density at radius 1 is 1.00 bits per heavy atom. The molecule has 7 nitrogen and oxygen atoms in total. The van der Waals surface area contributed by atoms with Gasteiger partial charge in [-0.3, -0.25) is 4.72 Å². The van der Waals surface area contributed by atoms with Gasteiger partial charge in [-0.05, 0) is 68.3 Å². The largest absolute Gasteiger partial charge is 0.494 e. The summed E-state index contributed by atoms with van der Waals surface area (Å²) >= 11 is 0. The molecule has 0 unspecified atom stereocenters. The minimum Gasteiger partial charge on any atom is -0.494 e. The Kier molecular flexibility index (Phi) is 5.53. The van der Waals surface area contributed by atoms with E-state index < -0.39 is 10.0 Å². The van der Waals surface area contributed by atoms with Gasteiger partial charge in [-0.15, -0.1) is 10.2 Å². The van der Waals surface area contributed by atoms with E-state index in [1.807, 2.05) is 19.1 Å². The summed E-state index contributed by atoms with van der Waals surface area (Å²) in [5.41, 5.74) is 1.42. The molecule has 0 saturated heterocycles. The van der Waals surface area contributed by atoms with E-state index >= 15 is 0 Å². The van der Waals surface area contributed by atoms with Crippen molar-refractivity contribution in [3.63, 3.8) is 0 Å². The number of nitrogens with one attached hydrogen (secondary N) is 1. The van der Waals surface area contributed by atoms with E-state index in [0.717, 1.165) is 43.0 Å². The third-order valence-corrected chi connectivity index (χ3v) is 6.35. The lowest BCUT2D eigenvalue weighted by molar-refractivity contribution is 0.340. The molecule has 0 atom stereocenters. The highest BCUT2D eigenvalue weighted by atomic mass is 32.2. The van der Waals surface area contributed by atoms with Crippen LogP contribution in [0.15, 0.2) is 53.4 Å². The molecule has 0 fully saturated rings. The Balaban J connectivity index is 1.52. The van der Waals surface area contributed by atoms with E-state index in [2.05, 4.69) is 19.5 Å². The van der Waals surface area contributed by atoms with Crippen LogP contribution in [0.2, 0.25) is 0 Å². The van der Waals surface area contributed by atoms with Crippen molar-refractivity contribution in [3.8, 4) is 17.1 Å². The van der Waals surface area contributed by atoms with Crippen LogP contribution < -0.4 is 9.46 Å². The Labute approximate surface area is 170 Å². The van der Waals surface area contributed by atoms with Gasteiger partial charge >= 0.3 is 0 Å². The number of anilines is 1. The van der Waals surface area contributed by atoms with Crippen LogP contribution in [0.5, 0.6) is 5.75 Å². The van der Waals surface area contributed by atoms with Gasteiger partial charge in [0, 0.05) is 24.2 Å². The van der Waals surface area contributed by atoms with Crippen LogP contribution in [0.3, 0.4) is 0 Å². The van der Waals surface area contributed by atoms with Crippen LogP contribution >= 0.6 is 0 Å². The molecule has 1 aliphatic rings. The van der Waals surface area contributed by atoms with Crippen molar-refractivity contribution in [1.82, 2.24) is 14.8 Å². The van der Waals surface area contributed by atoms with Gasteiger partial charge in [0.1, 0.15) is 11.6 Å². The lowest BCUT2D eigenvalue weighted by Gasteiger charge is -2.10. The molecule has 0 aliphatic carbocycles. The van der Waals surface area contributed by atoms with Gasteiger partial charge < -0.3 is 9.30 Å². The van der Waals surface area contributed by atoms with Crippen molar-refractivity contribution in [3.05, 3.63) is 54.4 Å². The SMILES string of the molecule is CCOc1ccc(S(=O)(=O)Nc2ccc(-c3nnc4n3CCCCC4)cc2)cc1. The highest BCUT2D eigenvalue weighted by Gasteiger charge is 2.17. The first-order valence-corrected chi connectivity index (χ1v) is 11.3. The van der Waals surface area contributed by atoms with Crippen LogP contribution in [0.1, 0.15) is 32.0 Å². The Morgan fingerprint density at radius 3 is 2.48 bits per heavy atom. The molecule has 29 heavy (non-hydrogen) atoms. The van der Waals surface area contributed by atoms with Gasteiger partial charge in [0.05, 0.1) is 11.5 Å². The zero-order valence-electron chi connectivity index (χ0n) is 16.3. The zero-order valence-corrected chi connectivity index (χ0v) is 17.2. The maximum absolute atomic E-state index is 12.6. The van der Waals surface area contributed by atoms with Crippen molar-refractivity contribution in [2.24, 2.45) is 0 Å². The molecular formula is C21H24N4O3S. The first kappa shape index (κ1) is 19.4. The summed E-state index contributed by atoms with van der Waals surface area (Å²) in [7, 11) is -3.67. The molecule has 1 N–H and O–H groups in total. The maximum atomic E-state index is 12.6. The molecule has 0 spiro atoms. The fourth-order valence-electron chi connectivity index (χ4n) is 3.48. The predicted molar refractivity (Wildman–Crippen MR) is 111 cm³/mol. The first-order valence-electron chi connectivity index (χ1n) is 9.85. The number of nitrogens with zero attached hydrogens (tertiary/aromatic N) is 3. The average Bonchev–Trinajstić information content (AvgIpc) is 2.97. The van der Waals surface area contributed by atoms with Gasteiger partial charge in [-0.2, -0.15) is 0 Å². The number of aryl methyl sites for hydroxylation is 1. The van der Waals surface area contributed by atoms with E-state index in [4.69, 9.17) is 4.74 Å². The first-order chi connectivity index (χ1) is 14.1. The van der Waals surface area contributed by atoms with E-state index in [1.165, 1.54) is 18.6 Å². The van der Waals surface area contributed by atoms with E-state index in [9.17, 15) is 8.42 Å². The van der Waals surface area contributed by atoms with Crippen LogP contribution in [0, 0.1) is 0 Å². The number of rotatable bonds is 6. The third kappa shape index (κ3) is 4.27.